The van der Waals surface area contributed by atoms with Gasteiger partial charge in [0.1, 0.15) is 5.58 Å². The number of hydrogen-bond acceptors (Lipinski definition) is 4. The molecule has 0 saturated heterocycles. The van der Waals surface area contributed by atoms with Gasteiger partial charge < -0.3 is 4.42 Å². The SMILES string of the molecule is c1ccc(-c2nc(-c3cccc(-c4nc5oc6ccccc6c5c5ccccc45)c3)cc(-c3ccc4ccc5cccc6ccc3c4c56)n2)cc1. The van der Waals surface area contributed by atoms with Crippen LogP contribution in [0.2, 0.25) is 0 Å². The van der Waals surface area contributed by atoms with E-state index in [2.05, 4.69) is 127 Å². The maximum Gasteiger partial charge on any atom is 0.228 e. The Hall–Kier alpha value is -6.91. The summed E-state index contributed by atoms with van der Waals surface area (Å²) in [6.45, 7) is 0. The average Bonchev–Trinajstić information content (AvgIpc) is 3.59. The maximum absolute atomic E-state index is 6.31. The smallest absolute Gasteiger partial charge is 0.228 e. The third-order valence-electron chi connectivity index (χ3n) is 10.2. The minimum absolute atomic E-state index is 0.639. The summed E-state index contributed by atoms with van der Waals surface area (Å²) in [7, 11) is 0. The van der Waals surface area contributed by atoms with Crippen molar-refractivity contribution in [1.29, 1.82) is 0 Å². The number of pyridine rings is 1. The highest BCUT2D eigenvalue weighted by Gasteiger charge is 2.19. The maximum atomic E-state index is 6.31. The molecule has 0 bridgehead atoms. The normalized spacial score (nSPS) is 11.9. The molecule has 0 aliphatic carbocycles. The van der Waals surface area contributed by atoms with Crippen LogP contribution in [0.15, 0.2) is 168 Å². The highest BCUT2D eigenvalue weighted by molar-refractivity contribution is 6.25. The monoisotopic (exact) mass is 649 g/mol. The minimum atomic E-state index is 0.639. The summed E-state index contributed by atoms with van der Waals surface area (Å²) < 4.78 is 6.31. The van der Waals surface area contributed by atoms with Crippen LogP contribution in [0.1, 0.15) is 0 Å². The van der Waals surface area contributed by atoms with Crippen LogP contribution in [-0.2, 0) is 0 Å². The molecule has 0 radical (unpaired) electrons. The van der Waals surface area contributed by atoms with Crippen LogP contribution in [-0.4, -0.2) is 15.0 Å². The molecular weight excluding hydrogens is 623 g/mol. The van der Waals surface area contributed by atoms with Crippen molar-refractivity contribution in [2.75, 3.05) is 0 Å². The standard InChI is InChI=1S/C47H27N3O/c1-2-10-31(11-3-1)46-48-39(27-40(49-46)34-24-22-30-21-20-28-12-8-13-29-23-25-36(34)43(30)42(28)29)32-14-9-15-33(26-32)45-37-17-5-4-16-35(37)44-38-18-6-7-19-41(38)51-47(44)50-45/h1-27H. The number of para-hydroxylation sites is 1. The second kappa shape index (κ2) is 10.8. The Morgan fingerprint density at radius 3 is 1.88 bits per heavy atom. The van der Waals surface area contributed by atoms with Gasteiger partial charge in [-0.25, -0.2) is 15.0 Å². The molecule has 0 unspecified atom stereocenters. The fourth-order valence-electron chi connectivity index (χ4n) is 7.89. The van der Waals surface area contributed by atoms with Gasteiger partial charge in [-0.3, -0.25) is 0 Å². The highest BCUT2D eigenvalue weighted by Crippen LogP contribution is 2.41. The van der Waals surface area contributed by atoms with Crippen LogP contribution in [0, 0.1) is 0 Å². The third-order valence-corrected chi connectivity index (χ3v) is 10.2. The number of rotatable bonds is 4. The third kappa shape index (κ3) is 4.30. The molecule has 51 heavy (non-hydrogen) atoms. The molecule has 4 nitrogen and oxygen atoms in total. The molecule has 11 rings (SSSR count). The Morgan fingerprint density at radius 1 is 0.373 bits per heavy atom. The number of furan rings is 1. The molecule has 11 aromatic rings. The molecule has 3 heterocycles. The first-order valence-electron chi connectivity index (χ1n) is 17.2. The number of nitrogens with zero attached hydrogens (tertiary/aromatic N) is 3. The molecule has 236 valence electrons. The summed E-state index contributed by atoms with van der Waals surface area (Å²) in [6.07, 6.45) is 0. The number of fused-ring (bicyclic) bond motifs is 5. The first-order chi connectivity index (χ1) is 25.3. The van der Waals surface area contributed by atoms with Crippen molar-refractivity contribution in [3.05, 3.63) is 164 Å². The molecule has 3 aromatic heterocycles. The van der Waals surface area contributed by atoms with Gasteiger partial charge in [-0.15, -0.1) is 0 Å². The van der Waals surface area contributed by atoms with E-state index >= 15 is 0 Å². The topological polar surface area (TPSA) is 51.8 Å². The van der Waals surface area contributed by atoms with Gasteiger partial charge in [0.05, 0.1) is 22.5 Å². The van der Waals surface area contributed by atoms with E-state index < -0.39 is 0 Å². The highest BCUT2D eigenvalue weighted by atomic mass is 16.3. The number of hydrogen-bond donors (Lipinski definition) is 0. The molecule has 0 aliphatic heterocycles. The average molecular weight is 650 g/mol. The van der Waals surface area contributed by atoms with E-state index in [0.29, 0.717) is 11.5 Å². The first kappa shape index (κ1) is 28.0. The van der Waals surface area contributed by atoms with Crippen LogP contribution < -0.4 is 0 Å². The van der Waals surface area contributed by atoms with Gasteiger partial charge in [0.2, 0.25) is 5.71 Å². The van der Waals surface area contributed by atoms with Gasteiger partial charge in [0.25, 0.3) is 0 Å². The van der Waals surface area contributed by atoms with Crippen molar-refractivity contribution in [2.45, 2.75) is 0 Å². The Kier molecular flexibility index (Phi) is 5.92. The van der Waals surface area contributed by atoms with Gasteiger partial charge in [-0.1, -0.05) is 146 Å². The van der Waals surface area contributed by atoms with Gasteiger partial charge in [0, 0.05) is 33.0 Å². The van der Waals surface area contributed by atoms with Gasteiger partial charge in [0.15, 0.2) is 5.82 Å². The molecular formula is C47H27N3O. The molecule has 0 fully saturated rings. The van der Waals surface area contributed by atoms with Crippen molar-refractivity contribution >= 4 is 65.2 Å². The second-order valence-electron chi connectivity index (χ2n) is 13.2. The van der Waals surface area contributed by atoms with Gasteiger partial charge >= 0.3 is 0 Å². The van der Waals surface area contributed by atoms with Crippen LogP contribution in [0.3, 0.4) is 0 Å². The lowest BCUT2D eigenvalue weighted by atomic mass is 9.91. The zero-order valence-electron chi connectivity index (χ0n) is 27.3. The Labute approximate surface area is 292 Å². The predicted octanol–water partition coefficient (Wildman–Crippen LogP) is 12.5. The molecule has 0 spiro atoms. The van der Waals surface area contributed by atoms with Crippen molar-refractivity contribution < 1.29 is 4.42 Å². The lowest BCUT2D eigenvalue weighted by molar-refractivity contribution is 0.655. The fraction of sp³-hybridized carbons (Fsp3) is 0. The van der Waals surface area contributed by atoms with Crippen LogP contribution >= 0.6 is 0 Å². The van der Waals surface area contributed by atoms with E-state index in [0.717, 1.165) is 66.5 Å². The summed E-state index contributed by atoms with van der Waals surface area (Å²) >= 11 is 0. The van der Waals surface area contributed by atoms with Crippen molar-refractivity contribution in [2.24, 2.45) is 0 Å². The summed E-state index contributed by atoms with van der Waals surface area (Å²) in [4.78, 5) is 15.6. The lowest BCUT2D eigenvalue weighted by Gasteiger charge is -2.15. The van der Waals surface area contributed by atoms with Crippen LogP contribution in [0.4, 0.5) is 0 Å². The summed E-state index contributed by atoms with van der Waals surface area (Å²) in [6, 6.07) is 57.4. The number of benzene rings is 8. The van der Waals surface area contributed by atoms with E-state index in [1.165, 1.54) is 32.3 Å². The predicted molar refractivity (Wildman–Crippen MR) is 210 cm³/mol. The van der Waals surface area contributed by atoms with E-state index in [1.807, 2.05) is 36.4 Å². The first-order valence-corrected chi connectivity index (χ1v) is 17.2. The second-order valence-corrected chi connectivity index (χ2v) is 13.2. The zero-order valence-corrected chi connectivity index (χ0v) is 27.3. The summed E-state index contributed by atoms with van der Waals surface area (Å²) in [5.74, 6) is 0.687. The number of aromatic nitrogens is 3. The van der Waals surface area contributed by atoms with Crippen LogP contribution in [0.25, 0.3) is 110 Å². The quantitative estimate of drug-likeness (QED) is 0.178. The molecule has 0 aliphatic rings. The van der Waals surface area contributed by atoms with E-state index in [4.69, 9.17) is 19.4 Å². The molecule has 0 saturated carbocycles. The van der Waals surface area contributed by atoms with Gasteiger partial charge in [-0.05, 0) is 55.9 Å². The summed E-state index contributed by atoms with van der Waals surface area (Å²) in [5, 5.41) is 11.8. The Morgan fingerprint density at radius 2 is 1.02 bits per heavy atom. The Balaban J connectivity index is 1.13. The molecule has 0 atom stereocenters. The molecule has 4 heteroatoms. The van der Waals surface area contributed by atoms with E-state index in [9.17, 15) is 0 Å². The fourth-order valence-corrected chi connectivity index (χ4v) is 7.89. The van der Waals surface area contributed by atoms with Crippen molar-refractivity contribution in [3.8, 4) is 45.2 Å². The molecule has 8 aromatic carbocycles. The van der Waals surface area contributed by atoms with Crippen molar-refractivity contribution in [3.63, 3.8) is 0 Å². The molecule has 0 amide bonds. The largest absolute Gasteiger partial charge is 0.438 e. The lowest BCUT2D eigenvalue weighted by Crippen LogP contribution is -1.97. The van der Waals surface area contributed by atoms with Crippen LogP contribution in [0.5, 0.6) is 0 Å². The van der Waals surface area contributed by atoms with Crippen molar-refractivity contribution in [1.82, 2.24) is 15.0 Å². The Bertz CT molecular complexity index is 3130. The van der Waals surface area contributed by atoms with E-state index in [-0.39, 0.29) is 0 Å². The summed E-state index contributed by atoms with van der Waals surface area (Å²) in [5.41, 5.74) is 8.12. The molecule has 0 N–H and O–H groups in total. The van der Waals surface area contributed by atoms with Gasteiger partial charge in [-0.2, -0.15) is 0 Å². The van der Waals surface area contributed by atoms with E-state index in [1.54, 1.807) is 0 Å². The minimum Gasteiger partial charge on any atom is -0.438 e. The zero-order chi connectivity index (χ0) is 33.5.